The van der Waals surface area contributed by atoms with Crippen molar-refractivity contribution < 1.29 is 9.47 Å². The van der Waals surface area contributed by atoms with Gasteiger partial charge in [0.15, 0.2) is 17.3 Å². The Bertz CT molecular complexity index is 954. The zero-order chi connectivity index (χ0) is 15.9. The Morgan fingerprint density at radius 2 is 2.00 bits per heavy atom. The molecule has 0 saturated carbocycles. The number of hydrogen-bond acceptors (Lipinski definition) is 7. The van der Waals surface area contributed by atoms with Gasteiger partial charge in [-0.1, -0.05) is 11.8 Å². The van der Waals surface area contributed by atoms with Crippen molar-refractivity contribution in [2.24, 2.45) is 5.10 Å². The molecule has 0 saturated heterocycles. The zero-order valence-corrected chi connectivity index (χ0v) is 13.2. The van der Waals surface area contributed by atoms with Gasteiger partial charge in [-0.3, -0.25) is 4.98 Å². The number of nitrogens with zero attached hydrogens (tertiary/aromatic N) is 5. The molecule has 0 aliphatic carbocycles. The molecule has 4 heterocycles. The van der Waals surface area contributed by atoms with E-state index in [9.17, 15) is 0 Å². The molecule has 0 atom stereocenters. The molecule has 1 aromatic carbocycles. The van der Waals surface area contributed by atoms with Crippen molar-refractivity contribution in [1.82, 2.24) is 19.9 Å². The average Bonchev–Trinajstić information content (AvgIpc) is 3.28. The number of hydrogen-bond donors (Lipinski definition) is 0. The lowest BCUT2D eigenvalue weighted by Crippen LogP contribution is -2.13. The van der Waals surface area contributed by atoms with E-state index in [4.69, 9.17) is 14.6 Å². The van der Waals surface area contributed by atoms with Crippen LogP contribution in [-0.2, 0) is 0 Å². The Labute approximate surface area is 141 Å². The molecule has 2 aliphatic rings. The van der Waals surface area contributed by atoms with E-state index >= 15 is 0 Å². The predicted molar refractivity (Wildman–Crippen MR) is 88.5 cm³/mol. The van der Waals surface area contributed by atoms with Gasteiger partial charge in [-0.15, -0.1) is 10.2 Å². The highest BCUT2D eigenvalue weighted by Gasteiger charge is 2.22. The molecule has 0 unspecified atom stereocenters. The number of thioether (sulfide) groups is 1. The summed E-state index contributed by atoms with van der Waals surface area (Å²) in [5, 5.41) is 14.0. The monoisotopic (exact) mass is 337 g/mol. The molecule has 24 heavy (non-hydrogen) atoms. The maximum absolute atomic E-state index is 5.45. The van der Waals surface area contributed by atoms with E-state index in [1.807, 2.05) is 30.3 Å². The summed E-state index contributed by atoms with van der Waals surface area (Å²) in [5.74, 6) is 2.93. The maximum atomic E-state index is 5.45. The smallest absolute Gasteiger partial charge is 0.231 e. The van der Waals surface area contributed by atoms with Gasteiger partial charge in [-0.25, -0.2) is 0 Å². The third-order valence-electron chi connectivity index (χ3n) is 3.80. The van der Waals surface area contributed by atoms with E-state index in [-0.39, 0.29) is 6.79 Å². The first kappa shape index (κ1) is 13.6. The van der Waals surface area contributed by atoms with Crippen molar-refractivity contribution >= 4 is 17.5 Å². The molecule has 118 valence electrons. The fourth-order valence-electron chi connectivity index (χ4n) is 2.62. The van der Waals surface area contributed by atoms with Crippen molar-refractivity contribution in [2.45, 2.75) is 5.16 Å². The van der Waals surface area contributed by atoms with Crippen LogP contribution in [0.25, 0.3) is 11.4 Å². The summed E-state index contributed by atoms with van der Waals surface area (Å²) >= 11 is 1.61. The molecular weight excluding hydrogens is 326 g/mol. The molecule has 0 amide bonds. The number of pyridine rings is 1. The molecule has 8 heteroatoms. The van der Waals surface area contributed by atoms with E-state index in [2.05, 4.69) is 15.2 Å². The SMILES string of the molecule is c1cncc(-c2nnc3n2N=C(c2ccc4c(c2)OCO4)CS3)c1. The Balaban J connectivity index is 1.58. The highest BCUT2D eigenvalue weighted by Crippen LogP contribution is 2.34. The summed E-state index contributed by atoms with van der Waals surface area (Å²) in [6.07, 6.45) is 3.49. The first-order chi connectivity index (χ1) is 11.9. The molecule has 2 aliphatic heterocycles. The second-order valence-electron chi connectivity index (χ2n) is 5.26. The summed E-state index contributed by atoms with van der Waals surface area (Å²) in [4.78, 5) is 4.14. The van der Waals surface area contributed by atoms with Crippen LogP contribution in [0.15, 0.2) is 53.0 Å². The first-order valence-corrected chi connectivity index (χ1v) is 8.33. The maximum Gasteiger partial charge on any atom is 0.231 e. The van der Waals surface area contributed by atoms with Crippen molar-refractivity contribution in [3.05, 3.63) is 48.3 Å². The Hall–Kier alpha value is -2.87. The molecular formula is C16H11N5O2S. The van der Waals surface area contributed by atoms with E-state index in [0.717, 1.165) is 39.2 Å². The van der Waals surface area contributed by atoms with Crippen molar-refractivity contribution in [2.75, 3.05) is 12.5 Å². The van der Waals surface area contributed by atoms with E-state index in [0.29, 0.717) is 5.82 Å². The number of fused-ring (bicyclic) bond motifs is 2. The Kier molecular flexibility index (Phi) is 3.02. The van der Waals surface area contributed by atoms with Crippen LogP contribution in [0.4, 0.5) is 0 Å². The van der Waals surface area contributed by atoms with Crippen molar-refractivity contribution in [1.29, 1.82) is 0 Å². The summed E-state index contributed by atoms with van der Waals surface area (Å²) < 4.78 is 12.6. The number of benzene rings is 1. The van der Waals surface area contributed by atoms with Crippen LogP contribution in [-0.4, -0.2) is 38.1 Å². The Morgan fingerprint density at radius 1 is 1.04 bits per heavy atom. The van der Waals surface area contributed by atoms with Crippen LogP contribution in [0.2, 0.25) is 0 Å². The molecule has 0 bridgehead atoms. The van der Waals surface area contributed by atoms with Gasteiger partial charge in [0.05, 0.1) is 5.71 Å². The lowest BCUT2D eigenvalue weighted by molar-refractivity contribution is 0.174. The molecule has 0 spiro atoms. The summed E-state index contributed by atoms with van der Waals surface area (Å²) in [6, 6.07) is 9.68. The van der Waals surface area contributed by atoms with Crippen molar-refractivity contribution in [3.8, 4) is 22.9 Å². The molecule has 5 rings (SSSR count). The second kappa shape index (κ2) is 5.34. The first-order valence-electron chi connectivity index (χ1n) is 7.35. The summed E-state index contributed by atoms with van der Waals surface area (Å²) in [7, 11) is 0. The second-order valence-corrected chi connectivity index (χ2v) is 6.21. The van der Waals surface area contributed by atoms with Gasteiger partial charge in [0.2, 0.25) is 11.9 Å². The molecule has 0 N–H and O–H groups in total. The topological polar surface area (TPSA) is 74.4 Å². The van der Waals surface area contributed by atoms with Gasteiger partial charge in [0.1, 0.15) is 0 Å². The molecule has 3 aromatic rings. The number of aromatic nitrogens is 4. The fourth-order valence-corrected chi connectivity index (χ4v) is 3.46. The lowest BCUT2D eigenvalue weighted by atomic mass is 10.1. The Morgan fingerprint density at radius 3 is 2.92 bits per heavy atom. The highest BCUT2D eigenvalue weighted by molar-refractivity contribution is 7.99. The minimum absolute atomic E-state index is 0.265. The van der Waals surface area contributed by atoms with Crippen LogP contribution in [0.1, 0.15) is 5.56 Å². The van der Waals surface area contributed by atoms with Crippen LogP contribution in [0.3, 0.4) is 0 Å². The van der Waals surface area contributed by atoms with Gasteiger partial charge < -0.3 is 9.47 Å². The third-order valence-corrected chi connectivity index (χ3v) is 4.73. The fraction of sp³-hybridized carbons (Fsp3) is 0.125. The normalized spacial score (nSPS) is 15.1. The van der Waals surface area contributed by atoms with Crippen LogP contribution < -0.4 is 9.47 Å². The van der Waals surface area contributed by atoms with Gasteiger partial charge in [0, 0.05) is 29.3 Å². The molecule has 2 aromatic heterocycles. The average molecular weight is 337 g/mol. The van der Waals surface area contributed by atoms with Gasteiger partial charge in [-0.2, -0.15) is 9.78 Å². The number of rotatable bonds is 2. The summed E-state index contributed by atoms with van der Waals surface area (Å²) in [5.41, 5.74) is 2.83. The van der Waals surface area contributed by atoms with E-state index in [1.54, 1.807) is 28.8 Å². The quantitative estimate of drug-likeness (QED) is 0.715. The highest BCUT2D eigenvalue weighted by atomic mass is 32.2. The van der Waals surface area contributed by atoms with E-state index < -0.39 is 0 Å². The van der Waals surface area contributed by atoms with Crippen LogP contribution >= 0.6 is 11.8 Å². The minimum Gasteiger partial charge on any atom is -0.454 e. The summed E-state index contributed by atoms with van der Waals surface area (Å²) in [6.45, 7) is 0.265. The third kappa shape index (κ3) is 2.15. The van der Waals surface area contributed by atoms with Gasteiger partial charge >= 0.3 is 0 Å². The number of ether oxygens (including phenoxy) is 2. The van der Waals surface area contributed by atoms with E-state index in [1.165, 1.54) is 0 Å². The van der Waals surface area contributed by atoms with Crippen molar-refractivity contribution in [3.63, 3.8) is 0 Å². The zero-order valence-electron chi connectivity index (χ0n) is 12.4. The van der Waals surface area contributed by atoms with Crippen LogP contribution in [0.5, 0.6) is 11.5 Å². The largest absolute Gasteiger partial charge is 0.454 e. The van der Waals surface area contributed by atoms with Gasteiger partial charge in [-0.05, 0) is 30.3 Å². The predicted octanol–water partition coefficient (Wildman–Crippen LogP) is 2.43. The van der Waals surface area contributed by atoms with Gasteiger partial charge in [0.25, 0.3) is 0 Å². The molecule has 0 radical (unpaired) electrons. The minimum atomic E-state index is 0.265. The lowest BCUT2D eigenvalue weighted by Gasteiger charge is -2.14. The molecule has 7 nitrogen and oxygen atoms in total. The standard InChI is InChI=1S/C16H11N5O2S/c1-2-11(7-17-5-1)15-18-19-16-21(15)20-12(8-24-16)10-3-4-13-14(6-10)23-9-22-13/h1-7H,8-9H2. The van der Waals surface area contributed by atoms with Crippen LogP contribution in [0, 0.1) is 0 Å². The molecule has 0 fully saturated rings.